The molecule has 0 fully saturated rings. The van der Waals surface area contributed by atoms with Gasteiger partial charge in [0.1, 0.15) is 11.5 Å². The first kappa shape index (κ1) is 19.4. The van der Waals surface area contributed by atoms with Gasteiger partial charge < -0.3 is 14.2 Å². The van der Waals surface area contributed by atoms with E-state index in [0.717, 1.165) is 11.3 Å². The average molecular weight is 383 g/mol. The van der Waals surface area contributed by atoms with Crippen LogP contribution in [0.4, 0.5) is 0 Å². The zero-order valence-electron chi connectivity index (χ0n) is 14.6. The van der Waals surface area contributed by atoms with Gasteiger partial charge in [-0.1, -0.05) is 37.0 Å². The molecule has 0 saturated heterocycles. The van der Waals surface area contributed by atoms with Crippen LogP contribution < -0.4 is 9.47 Å². The lowest BCUT2D eigenvalue weighted by Crippen LogP contribution is -2.05. The Balaban J connectivity index is 2.34. The summed E-state index contributed by atoms with van der Waals surface area (Å²) in [4.78, 5) is 11.8. The van der Waals surface area contributed by atoms with E-state index in [1.165, 1.54) is 12.1 Å². The molecule has 134 valence electrons. The summed E-state index contributed by atoms with van der Waals surface area (Å²) in [5.41, 5.74) is 1.29. The van der Waals surface area contributed by atoms with Crippen LogP contribution in [-0.4, -0.2) is 19.7 Å². The van der Waals surface area contributed by atoms with E-state index in [0.29, 0.717) is 5.75 Å². The molecular weight excluding hydrogens is 363 g/mol. The summed E-state index contributed by atoms with van der Waals surface area (Å²) >= 11 is 12.5. The molecule has 0 aromatic heterocycles. The molecule has 0 heterocycles. The van der Waals surface area contributed by atoms with Crippen LogP contribution >= 0.6 is 23.2 Å². The van der Waals surface area contributed by atoms with E-state index in [1.54, 1.807) is 20.1 Å². The highest BCUT2D eigenvalue weighted by Crippen LogP contribution is 2.39. The molecule has 2 rings (SSSR count). The topological polar surface area (TPSA) is 44.8 Å². The second kappa shape index (κ2) is 8.45. The maximum absolute atomic E-state index is 11.8. The van der Waals surface area contributed by atoms with Crippen molar-refractivity contribution >= 4 is 29.2 Å². The van der Waals surface area contributed by atoms with Crippen molar-refractivity contribution < 1.29 is 19.0 Å². The van der Waals surface area contributed by atoms with Crippen LogP contribution in [0.1, 0.15) is 42.6 Å². The Morgan fingerprint density at radius 1 is 1.12 bits per heavy atom. The standard InChI is InChI=1S/C19H20Cl2O4/c1-5-24-19(22)12-8-15(20)18(16(21)9-12)25-13-6-7-17(23-4)14(10-13)11(2)3/h6-11H,5H2,1-4H3. The predicted octanol–water partition coefficient (Wildman–Crippen LogP) is 6.09. The van der Waals surface area contributed by atoms with E-state index in [-0.39, 0.29) is 33.9 Å². The Labute approximate surface area is 157 Å². The van der Waals surface area contributed by atoms with Gasteiger partial charge in [-0.25, -0.2) is 4.79 Å². The van der Waals surface area contributed by atoms with Crippen molar-refractivity contribution in [2.45, 2.75) is 26.7 Å². The molecule has 0 N–H and O–H groups in total. The Morgan fingerprint density at radius 3 is 2.28 bits per heavy atom. The molecule has 0 radical (unpaired) electrons. The van der Waals surface area contributed by atoms with Gasteiger partial charge in [-0.3, -0.25) is 0 Å². The number of carbonyl (C=O) groups is 1. The van der Waals surface area contributed by atoms with Crippen molar-refractivity contribution in [1.29, 1.82) is 0 Å². The van der Waals surface area contributed by atoms with Crippen LogP contribution in [0, 0.1) is 0 Å². The van der Waals surface area contributed by atoms with Crippen LogP contribution in [-0.2, 0) is 4.74 Å². The van der Waals surface area contributed by atoms with Gasteiger partial charge in [0.25, 0.3) is 0 Å². The predicted molar refractivity (Wildman–Crippen MR) is 99.6 cm³/mol. The summed E-state index contributed by atoms with van der Waals surface area (Å²) in [6.45, 7) is 6.14. The number of halogens is 2. The third kappa shape index (κ3) is 4.59. The third-order valence-electron chi connectivity index (χ3n) is 3.55. The summed E-state index contributed by atoms with van der Waals surface area (Å²) in [7, 11) is 1.63. The van der Waals surface area contributed by atoms with Gasteiger partial charge in [-0.05, 0) is 43.2 Å². The number of benzene rings is 2. The minimum absolute atomic E-state index is 0.234. The van der Waals surface area contributed by atoms with E-state index in [4.69, 9.17) is 37.4 Å². The molecule has 0 saturated carbocycles. The fourth-order valence-electron chi connectivity index (χ4n) is 2.33. The van der Waals surface area contributed by atoms with Crippen molar-refractivity contribution in [2.75, 3.05) is 13.7 Å². The highest BCUT2D eigenvalue weighted by atomic mass is 35.5. The van der Waals surface area contributed by atoms with E-state index in [1.807, 2.05) is 12.1 Å². The number of ether oxygens (including phenoxy) is 3. The van der Waals surface area contributed by atoms with Crippen molar-refractivity contribution in [3.05, 3.63) is 51.5 Å². The SMILES string of the molecule is CCOC(=O)c1cc(Cl)c(Oc2ccc(OC)c(C(C)C)c2)c(Cl)c1. The van der Waals surface area contributed by atoms with Gasteiger partial charge in [-0.15, -0.1) is 0 Å². The molecule has 0 aliphatic rings. The molecule has 0 aliphatic heterocycles. The first-order chi connectivity index (χ1) is 11.9. The van der Waals surface area contributed by atoms with Crippen molar-refractivity contribution in [3.8, 4) is 17.2 Å². The summed E-state index contributed by atoms with van der Waals surface area (Å²) in [5, 5.41) is 0.468. The van der Waals surface area contributed by atoms with Crippen LogP contribution in [0.2, 0.25) is 10.0 Å². The molecule has 0 atom stereocenters. The monoisotopic (exact) mass is 382 g/mol. The third-order valence-corrected chi connectivity index (χ3v) is 4.11. The minimum atomic E-state index is -0.482. The smallest absolute Gasteiger partial charge is 0.338 e. The zero-order chi connectivity index (χ0) is 18.6. The molecular formula is C19H20Cl2O4. The molecule has 0 amide bonds. The number of esters is 1. The van der Waals surface area contributed by atoms with E-state index in [9.17, 15) is 4.79 Å². The zero-order valence-corrected chi connectivity index (χ0v) is 16.1. The second-order valence-corrected chi connectivity index (χ2v) is 6.46. The molecule has 0 bridgehead atoms. The molecule has 0 aliphatic carbocycles. The van der Waals surface area contributed by atoms with Crippen molar-refractivity contribution in [1.82, 2.24) is 0 Å². The molecule has 0 unspecified atom stereocenters. The van der Waals surface area contributed by atoms with Gasteiger partial charge in [-0.2, -0.15) is 0 Å². The van der Waals surface area contributed by atoms with Crippen LogP contribution in [0.5, 0.6) is 17.2 Å². The normalized spacial score (nSPS) is 10.7. The lowest BCUT2D eigenvalue weighted by Gasteiger charge is -2.15. The minimum Gasteiger partial charge on any atom is -0.496 e. The van der Waals surface area contributed by atoms with Crippen molar-refractivity contribution in [3.63, 3.8) is 0 Å². The van der Waals surface area contributed by atoms with Gasteiger partial charge in [0, 0.05) is 5.56 Å². The Hall–Kier alpha value is -1.91. The summed E-state index contributed by atoms with van der Waals surface area (Å²) in [6, 6.07) is 8.45. The first-order valence-corrected chi connectivity index (χ1v) is 8.64. The van der Waals surface area contributed by atoms with Crippen LogP contribution in [0.15, 0.2) is 30.3 Å². The summed E-state index contributed by atoms with van der Waals surface area (Å²) < 4.78 is 16.2. The maximum atomic E-state index is 11.8. The molecule has 2 aromatic carbocycles. The highest BCUT2D eigenvalue weighted by molar-refractivity contribution is 6.37. The number of hydrogen-bond acceptors (Lipinski definition) is 4. The first-order valence-electron chi connectivity index (χ1n) is 7.89. The number of hydrogen-bond donors (Lipinski definition) is 0. The fraction of sp³-hybridized carbons (Fsp3) is 0.316. The second-order valence-electron chi connectivity index (χ2n) is 5.65. The van der Waals surface area contributed by atoms with Crippen LogP contribution in [0.25, 0.3) is 0 Å². The van der Waals surface area contributed by atoms with Gasteiger partial charge in [0.05, 0.1) is 29.3 Å². The Kier molecular flexibility index (Phi) is 6.57. The van der Waals surface area contributed by atoms with Crippen molar-refractivity contribution in [2.24, 2.45) is 0 Å². The number of carbonyl (C=O) groups excluding carboxylic acids is 1. The van der Waals surface area contributed by atoms with Gasteiger partial charge in [0.15, 0.2) is 5.75 Å². The number of rotatable bonds is 6. The molecule has 0 spiro atoms. The van der Waals surface area contributed by atoms with Crippen LogP contribution in [0.3, 0.4) is 0 Å². The number of methoxy groups -OCH3 is 1. The van der Waals surface area contributed by atoms with E-state index >= 15 is 0 Å². The molecule has 25 heavy (non-hydrogen) atoms. The highest BCUT2D eigenvalue weighted by Gasteiger charge is 2.17. The Morgan fingerprint density at radius 2 is 1.76 bits per heavy atom. The largest absolute Gasteiger partial charge is 0.496 e. The summed E-state index contributed by atoms with van der Waals surface area (Å²) in [5.74, 6) is 1.44. The summed E-state index contributed by atoms with van der Waals surface area (Å²) in [6.07, 6.45) is 0. The fourth-order valence-corrected chi connectivity index (χ4v) is 2.90. The van der Waals surface area contributed by atoms with E-state index < -0.39 is 5.97 Å². The van der Waals surface area contributed by atoms with Gasteiger partial charge in [0.2, 0.25) is 0 Å². The Bertz CT molecular complexity index is 749. The maximum Gasteiger partial charge on any atom is 0.338 e. The lowest BCUT2D eigenvalue weighted by molar-refractivity contribution is 0.0526. The molecule has 4 nitrogen and oxygen atoms in total. The van der Waals surface area contributed by atoms with Gasteiger partial charge >= 0.3 is 5.97 Å². The molecule has 2 aromatic rings. The quantitative estimate of drug-likeness (QED) is 0.566. The lowest BCUT2D eigenvalue weighted by atomic mass is 10.0. The average Bonchev–Trinajstić information content (AvgIpc) is 2.57. The van der Waals surface area contributed by atoms with E-state index in [2.05, 4.69) is 13.8 Å². The molecule has 6 heteroatoms.